The van der Waals surface area contributed by atoms with Crippen molar-refractivity contribution in [3.05, 3.63) is 52.9 Å². The number of hydrogen-bond donors (Lipinski definition) is 2. The molecule has 1 fully saturated rings. The van der Waals surface area contributed by atoms with Crippen LogP contribution in [-0.2, 0) is 13.1 Å². The lowest BCUT2D eigenvalue weighted by Gasteiger charge is -2.15. The molecule has 0 atom stereocenters. The second-order valence-electron chi connectivity index (χ2n) is 6.52. The number of nitrogens with two attached hydrogens (primary N) is 1. The monoisotopic (exact) mass is 368 g/mol. The highest BCUT2D eigenvalue weighted by Crippen LogP contribution is 2.25. The molecule has 1 aliphatic heterocycles. The largest absolute Gasteiger partial charge is 0.338 e. The van der Waals surface area contributed by atoms with Gasteiger partial charge in [0, 0.05) is 23.5 Å². The molecule has 0 amide bonds. The van der Waals surface area contributed by atoms with Crippen LogP contribution in [-0.4, -0.2) is 32.9 Å². The van der Waals surface area contributed by atoms with Crippen molar-refractivity contribution >= 4 is 34.1 Å². The van der Waals surface area contributed by atoms with Gasteiger partial charge in [-0.05, 0) is 55.8 Å². The Bertz CT molecular complexity index is 923. The van der Waals surface area contributed by atoms with E-state index in [1.54, 1.807) is 0 Å². The van der Waals surface area contributed by atoms with Gasteiger partial charge in [0.15, 0.2) is 5.82 Å². The first-order valence-electron chi connectivity index (χ1n) is 8.82. The lowest BCUT2D eigenvalue weighted by atomic mass is 10.2. The summed E-state index contributed by atoms with van der Waals surface area (Å²) in [5.41, 5.74) is 9.34. The predicted molar refractivity (Wildman–Crippen MR) is 104 cm³/mol. The zero-order chi connectivity index (χ0) is 17.9. The molecule has 0 bridgehead atoms. The molecule has 26 heavy (non-hydrogen) atoms. The Balaban J connectivity index is 1.69. The van der Waals surface area contributed by atoms with E-state index >= 15 is 0 Å². The van der Waals surface area contributed by atoms with Crippen molar-refractivity contribution < 1.29 is 0 Å². The lowest BCUT2D eigenvalue weighted by Crippen LogP contribution is -2.18. The molecule has 0 spiro atoms. The molecule has 1 saturated heterocycles. The third-order valence-corrected chi connectivity index (χ3v) is 4.75. The number of aromatic nitrogens is 3. The Hall–Kier alpha value is -2.28. The summed E-state index contributed by atoms with van der Waals surface area (Å²) in [5, 5.41) is 3.95. The van der Waals surface area contributed by atoms with Crippen molar-refractivity contribution in [2.45, 2.75) is 25.9 Å². The lowest BCUT2D eigenvalue weighted by molar-refractivity contribution is 0.331. The molecular weight excluding hydrogens is 348 g/mol. The summed E-state index contributed by atoms with van der Waals surface area (Å²) in [6.45, 7) is 3.48. The summed E-state index contributed by atoms with van der Waals surface area (Å²) in [7, 11) is 0. The quantitative estimate of drug-likeness (QED) is 0.717. The average Bonchev–Trinajstić information content (AvgIpc) is 3.14. The van der Waals surface area contributed by atoms with Crippen LogP contribution in [0, 0.1) is 0 Å². The maximum Gasteiger partial charge on any atom is 0.160 e. The van der Waals surface area contributed by atoms with Crippen LogP contribution in [0.25, 0.3) is 11.0 Å². The summed E-state index contributed by atoms with van der Waals surface area (Å²) in [6, 6.07) is 9.59. The van der Waals surface area contributed by atoms with Crippen LogP contribution >= 0.6 is 11.6 Å². The van der Waals surface area contributed by atoms with Crippen LogP contribution in [0.4, 0.5) is 11.5 Å². The van der Waals surface area contributed by atoms with Gasteiger partial charge in [0.1, 0.15) is 11.3 Å². The summed E-state index contributed by atoms with van der Waals surface area (Å²) >= 11 is 6.08. The fourth-order valence-electron chi connectivity index (χ4n) is 3.28. The SMILES string of the molecule is NCc1nc(Nc2cccc(Cl)c2)c2ncc(CN3CCCC3)cc2n1. The molecule has 0 aliphatic carbocycles. The Morgan fingerprint density at radius 1 is 1.15 bits per heavy atom. The molecule has 3 aromatic rings. The molecule has 3 N–H and O–H groups in total. The van der Waals surface area contributed by atoms with Crippen molar-refractivity contribution in [2.24, 2.45) is 5.73 Å². The van der Waals surface area contributed by atoms with Gasteiger partial charge in [-0.3, -0.25) is 9.88 Å². The van der Waals surface area contributed by atoms with Crippen LogP contribution < -0.4 is 11.1 Å². The fraction of sp³-hybridized carbons (Fsp3) is 0.316. The molecule has 1 aliphatic rings. The molecule has 2 aromatic heterocycles. The van der Waals surface area contributed by atoms with Crippen molar-refractivity contribution in [1.29, 1.82) is 0 Å². The standard InChI is InChI=1S/C19H21ClN6/c20-14-4-3-5-15(9-14)23-19-18-16(24-17(10-21)25-19)8-13(11-22-18)12-26-6-1-2-7-26/h3-5,8-9,11H,1-2,6-7,10,12,21H2,(H,23,24,25). The predicted octanol–water partition coefficient (Wildman–Crippen LogP) is 3.48. The van der Waals surface area contributed by atoms with Gasteiger partial charge in [0.25, 0.3) is 0 Å². The smallest absolute Gasteiger partial charge is 0.160 e. The van der Waals surface area contributed by atoms with Crippen LogP contribution in [0.2, 0.25) is 5.02 Å². The van der Waals surface area contributed by atoms with Gasteiger partial charge in [0.2, 0.25) is 0 Å². The van der Waals surface area contributed by atoms with E-state index in [0.29, 0.717) is 16.7 Å². The van der Waals surface area contributed by atoms with Crippen molar-refractivity contribution in [2.75, 3.05) is 18.4 Å². The fourth-order valence-corrected chi connectivity index (χ4v) is 3.47. The number of likely N-dealkylation sites (tertiary alicyclic amines) is 1. The molecule has 6 nitrogen and oxygen atoms in total. The van der Waals surface area contributed by atoms with Crippen LogP contribution in [0.3, 0.4) is 0 Å². The average molecular weight is 369 g/mol. The minimum absolute atomic E-state index is 0.274. The Labute approximate surface area is 157 Å². The number of rotatable bonds is 5. The van der Waals surface area contributed by atoms with Gasteiger partial charge < -0.3 is 11.1 Å². The molecular formula is C19H21ClN6. The number of nitrogens with one attached hydrogen (secondary N) is 1. The molecule has 134 valence electrons. The number of fused-ring (bicyclic) bond motifs is 1. The maximum atomic E-state index is 6.08. The first kappa shape index (κ1) is 17.1. The van der Waals surface area contributed by atoms with E-state index in [-0.39, 0.29) is 6.54 Å². The highest BCUT2D eigenvalue weighted by atomic mass is 35.5. The number of benzene rings is 1. The van der Waals surface area contributed by atoms with E-state index in [2.05, 4.69) is 31.2 Å². The zero-order valence-corrected chi connectivity index (χ0v) is 15.2. The first-order chi connectivity index (χ1) is 12.7. The Morgan fingerprint density at radius 2 is 2.00 bits per heavy atom. The third-order valence-electron chi connectivity index (χ3n) is 4.51. The zero-order valence-electron chi connectivity index (χ0n) is 14.5. The van der Waals surface area contributed by atoms with Gasteiger partial charge >= 0.3 is 0 Å². The number of nitrogens with zero attached hydrogens (tertiary/aromatic N) is 4. The topological polar surface area (TPSA) is 80.0 Å². The van der Waals surface area contributed by atoms with Gasteiger partial charge in [-0.15, -0.1) is 0 Å². The van der Waals surface area contributed by atoms with Crippen LogP contribution in [0.5, 0.6) is 0 Å². The number of halogens is 1. The summed E-state index contributed by atoms with van der Waals surface area (Å²) in [4.78, 5) is 16.2. The third kappa shape index (κ3) is 3.77. The van der Waals surface area contributed by atoms with Crippen LogP contribution in [0.15, 0.2) is 36.5 Å². The van der Waals surface area contributed by atoms with Crippen molar-refractivity contribution in [3.63, 3.8) is 0 Å². The number of hydrogen-bond acceptors (Lipinski definition) is 6. The van der Waals surface area contributed by atoms with E-state index in [0.717, 1.165) is 41.9 Å². The van der Waals surface area contributed by atoms with Gasteiger partial charge in [-0.25, -0.2) is 9.97 Å². The highest BCUT2D eigenvalue weighted by Gasteiger charge is 2.14. The number of pyridine rings is 1. The van der Waals surface area contributed by atoms with Gasteiger partial charge in [-0.1, -0.05) is 17.7 Å². The second-order valence-corrected chi connectivity index (χ2v) is 6.96. The highest BCUT2D eigenvalue weighted by molar-refractivity contribution is 6.30. The van der Waals surface area contributed by atoms with E-state index in [1.807, 2.05) is 30.5 Å². The summed E-state index contributed by atoms with van der Waals surface area (Å²) < 4.78 is 0. The minimum atomic E-state index is 0.274. The minimum Gasteiger partial charge on any atom is -0.338 e. The first-order valence-corrected chi connectivity index (χ1v) is 9.19. The van der Waals surface area contributed by atoms with E-state index in [4.69, 9.17) is 17.3 Å². The van der Waals surface area contributed by atoms with Crippen LogP contribution in [0.1, 0.15) is 24.2 Å². The summed E-state index contributed by atoms with van der Waals surface area (Å²) in [5.74, 6) is 1.23. The normalized spacial score (nSPS) is 14.8. The Kier molecular flexibility index (Phi) is 4.97. The van der Waals surface area contributed by atoms with Crippen molar-refractivity contribution in [1.82, 2.24) is 19.9 Å². The van der Waals surface area contributed by atoms with E-state index < -0.39 is 0 Å². The molecule has 0 unspecified atom stereocenters. The van der Waals surface area contributed by atoms with E-state index in [9.17, 15) is 0 Å². The molecule has 1 aromatic carbocycles. The molecule has 7 heteroatoms. The molecule has 4 rings (SSSR count). The van der Waals surface area contributed by atoms with Crippen molar-refractivity contribution in [3.8, 4) is 0 Å². The van der Waals surface area contributed by atoms with Gasteiger partial charge in [-0.2, -0.15) is 0 Å². The van der Waals surface area contributed by atoms with E-state index in [1.165, 1.54) is 12.8 Å². The second kappa shape index (κ2) is 7.53. The summed E-state index contributed by atoms with van der Waals surface area (Å²) in [6.07, 6.45) is 4.46. The molecule has 0 radical (unpaired) electrons. The maximum absolute atomic E-state index is 6.08. The van der Waals surface area contributed by atoms with Gasteiger partial charge in [0.05, 0.1) is 12.1 Å². The Morgan fingerprint density at radius 3 is 2.77 bits per heavy atom. The molecule has 0 saturated carbocycles. The molecule has 3 heterocycles. The number of anilines is 2.